The molecule has 0 saturated heterocycles. The van der Waals surface area contributed by atoms with E-state index in [1.807, 2.05) is 0 Å². The van der Waals surface area contributed by atoms with Gasteiger partial charge in [0, 0.05) is 17.5 Å². The first-order valence-electron chi connectivity index (χ1n) is 8.31. The van der Waals surface area contributed by atoms with E-state index >= 15 is 0 Å². The van der Waals surface area contributed by atoms with Gasteiger partial charge < -0.3 is 15.0 Å². The van der Waals surface area contributed by atoms with Crippen LogP contribution in [-0.4, -0.2) is 34.0 Å². The van der Waals surface area contributed by atoms with Crippen LogP contribution in [0.3, 0.4) is 0 Å². The summed E-state index contributed by atoms with van der Waals surface area (Å²) >= 11 is 2.97. The molecule has 0 spiro atoms. The van der Waals surface area contributed by atoms with Gasteiger partial charge in [-0.1, -0.05) is 18.7 Å². The minimum atomic E-state index is -0.404. The van der Waals surface area contributed by atoms with Crippen molar-refractivity contribution in [1.82, 2.24) is 9.97 Å². The van der Waals surface area contributed by atoms with Gasteiger partial charge >= 0.3 is 0 Å². The number of aromatic amines is 1. The zero-order valence-electron chi connectivity index (χ0n) is 15.1. The van der Waals surface area contributed by atoms with Gasteiger partial charge in [-0.25, -0.2) is 4.98 Å². The van der Waals surface area contributed by atoms with E-state index in [4.69, 9.17) is 4.74 Å². The predicted molar refractivity (Wildman–Crippen MR) is 108 cm³/mol. The average molecular weight is 394 g/mol. The van der Waals surface area contributed by atoms with Crippen molar-refractivity contribution in [3.63, 3.8) is 0 Å². The molecule has 1 heterocycles. The van der Waals surface area contributed by atoms with Gasteiger partial charge in [0.05, 0.1) is 18.1 Å². The SMILES string of the molecule is CCCSCc1cc(=O)[nH]c(SC(C)C(=O)Nc2ccc(OC)cc2)n1. The number of hydrogen-bond acceptors (Lipinski definition) is 6. The van der Waals surface area contributed by atoms with E-state index in [0.29, 0.717) is 16.6 Å². The summed E-state index contributed by atoms with van der Waals surface area (Å²) in [5.74, 6) is 2.29. The lowest BCUT2D eigenvalue weighted by Gasteiger charge is -2.12. The Labute approximate surface area is 161 Å². The summed E-state index contributed by atoms with van der Waals surface area (Å²) in [6.45, 7) is 3.89. The second kappa shape index (κ2) is 10.3. The molecule has 2 N–H and O–H groups in total. The number of ether oxygens (including phenoxy) is 1. The fraction of sp³-hybridized carbons (Fsp3) is 0.389. The highest BCUT2D eigenvalue weighted by Gasteiger charge is 2.16. The Bertz CT molecular complexity index is 778. The lowest BCUT2D eigenvalue weighted by atomic mass is 10.3. The third-order valence-corrected chi connectivity index (χ3v) is 5.57. The molecule has 0 radical (unpaired) electrons. The van der Waals surface area contributed by atoms with Crippen molar-refractivity contribution >= 4 is 35.1 Å². The van der Waals surface area contributed by atoms with Crippen LogP contribution in [0.5, 0.6) is 5.75 Å². The lowest BCUT2D eigenvalue weighted by molar-refractivity contribution is -0.115. The Balaban J connectivity index is 1.97. The van der Waals surface area contributed by atoms with Gasteiger partial charge in [0.2, 0.25) is 5.91 Å². The number of hydrogen-bond donors (Lipinski definition) is 2. The van der Waals surface area contributed by atoms with Crippen LogP contribution in [0.4, 0.5) is 5.69 Å². The summed E-state index contributed by atoms with van der Waals surface area (Å²) in [7, 11) is 1.59. The maximum Gasteiger partial charge on any atom is 0.251 e. The normalized spacial score (nSPS) is 11.8. The van der Waals surface area contributed by atoms with E-state index in [-0.39, 0.29) is 11.5 Å². The smallest absolute Gasteiger partial charge is 0.251 e. The standard InChI is InChI=1S/C18H23N3O3S2/c1-4-9-25-11-14-10-16(22)21-18(20-14)26-12(2)17(23)19-13-5-7-15(24-3)8-6-13/h5-8,10,12H,4,9,11H2,1-3H3,(H,19,23)(H,20,21,22). The van der Waals surface area contributed by atoms with Gasteiger partial charge in [-0.05, 0) is 43.4 Å². The van der Waals surface area contributed by atoms with Gasteiger partial charge in [-0.2, -0.15) is 11.8 Å². The van der Waals surface area contributed by atoms with Crippen molar-refractivity contribution in [2.24, 2.45) is 0 Å². The Hall–Kier alpha value is -1.93. The number of methoxy groups -OCH3 is 1. The maximum atomic E-state index is 12.4. The molecule has 0 aliphatic rings. The molecule has 0 aliphatic heterocycles. The van der Waals surface area contributed by atoms with Crippen LogP contribution < -0.4 is 15.6 Å². The summed E-state index contributed by atoms with van der Waals surface area (Å²) in [5, 5.41) is 2.90. The summed E-state index contributed by atoms with van der Waals surface area (Å²) < 4.78 is 5.10. The summed E-state index contributed by atoms with van der Waals surface area (Å²) in [4.78, 5) is 31.3. The molecule has 1 atom stereocenters. The fourth-order valence-corrected chi connectivity index (χ4v) is 3.69. The number of thioether (sulfide) groups is 2. The van der Waals surface area contributed by atoms with Crippen molar-refractivity contribution in [1.29, 1.82) is 0 Å². The van der Waals surface area contributed by atoms with Crippen molar-refractivity contribution in [3.05, 3.63) is 46.4 Å². The minimum absolute atomic E-state index is 0.159. The van der Waals surface area contributed by atoms with Crippen molar-refractivity contribution in [2.75, 3.05) is 18.2 Å². The third kappa shape index (κ3) is 6.42. The maximum absolute atomic E-state index is 12.4. The molecular formula is C18H23N3O3S2. The summed E-state index contributed by atoms with van der Waals surface area (Å²) in [5.41, 5.74) is 1.23. The van der Waals surface area contributed by atoms with E-state index in [0.717, 1.165) is 23.6 Å². The molecule has 0 aliphatic carbocycles. The summed E-state index contributed by atoms with van der Waals surface area (Å²) in [6, 6.07) is 8.63. The number of aromatic nitrogens is 2. The van der Waals surface area contributed by atoms with E-state index in [1.165, 1.54) is 17.8 Å². The average Bonchev–Trinajstić information content (AvgIpc) is 2.62. The number of benzene rings is 1. The quantitative estimate of drug-likeness (QED) is 0.385. The Morgan fingerprint density at radius 2 is 2.08 bits per heavy atom. The molecular weight excluding hydrogens is 370 g/mol. The largest absolute Gasteiger partial charge is 0.497 e. The molecule has 1 unspecified atom stereocenters. The van der Waals surface area contributed by atoms with Crippen molar-refractivity contribution < 1.29 is 9.53 Å². The number of H-pyrrole nitrogens is 1. The molecule has 1 aromatic carbocycles. The van der Waals surface area contributed by atoms with Crippen LogP contribution >= 0.6 is 23.5 Å². The Kier molecular flexibility index (Phi) is 8.06. The third-order valence-electron chi connectivity index (χ3n) is 3.39. The fourth-order valence-electron chi connectivity index (χ4n) is 2.07. The molecule has 26 heavy (non-hydrogen) atoms. The van der Waals surface area contributed by atoms with Gasteiger partial charge in [0.25, 0.3) is 5.56 Å². The molecule has 2 rings (SSSR count). The molecule has 0 fully saturated rings. The van der Waals surface area contributed by atoms with E-state index in [2.05, 4.69) is 22.2 Å². The summed E-state index contributed by atoms with van der Waals surface area (Å²) in [6.07, 6.45) is 1.08. The van der Waals surface area contributed by atoms with Gasteiger partial charge in [-0.3, -0.25) is 9.59 Å². The van der Waals surface area contributed by atoms with Gasteiger partial charge in [-0.15, -0.1) is 0 Å². The molecule has 140 valence electrons. The van der Waals surface area contributed by atoms with Crippen LogP contribution in [0.1, 0.15) is 26.0 Å². The van der Waals surface area contributed by atoms with Crippen LogP contribution in [0, 0.1) is 0 Å². The Morgan fingerprint density at radius 1 is 1.35 bits per heavy atom. The van der Waals surface area contributed by atoms with Crippen LogP contribution in [0.2, 0.25) is 0 Å². The first kappa shape index (κ1) is 20.4. The van der Waals surface area contributed by atoms with E-state index in [1.54, 1.807) is 50.1 Å². The van der Waals surface area contributed by atoms with Gasteiger partial charge in [0.15, 0.2) is 5.16 Å². The topological polar surface area (TPSA) is 84.1 Å². The monoisotopic (exact) mass is 393 g/mol. The number of nitrogens with one attached hydrogen (secondary N) is 2. The first-order chi connectivity index (χ1) is 12.5. The van der Waals surface area contributed by atoms with Crippen LogP contribution in [0.25, 0.3) is 0 Å². The second-order valence-corrected chi connectivity index (χ2v) is 8.01. The number of nitrogens with zero attached hydrogens (tertiary/aromatic N) is 1. The first-order valence-corrected chi connectivity index (χ1v) is 10.3. The van der Waals surface area contributed by atoms with E-state index < -0.39 is 5.25 Å². The predicted octanol–water partition coefficient (Wildman–Crippen LogP) is 3.54. The molecule has 6 nitrogen and oxygen atoms in total. The number of carbonyl (C=O) groups is 1. The zero-order chi connectivity index (χ0) is 18.9. The molecule has 1 amide bonds. The van der Waals surface area contributed by atoms with Gasteiger partial charge in [0.1, 0.15) is 5.75 Å². The molecule has 2 aromatic rings. The zero-order valence-corrected chi connectivity index (χ0v) is 16.7. The second-order valence-electron chi connectivity index (χ2n) is 5.57. The Morgan fingerprint density at radius 3 is 2.73 bits per heavy atom. The molecule has 0 bridgehead atoms. The van der Waals surface area contributed by atoms with Crippen molar-refractivity contribution in [2.45, 2.75) is 36.4 Å². The molecule has 8 heteroatoms. The highest BCUT2D eigenvalue weighted by Crippen LogP contribution is 2.22. The molecule has 0 saturated carbocycles. The van der Waals surface area contributed by atoms with Crippen LogP contribution in [0.15, 0.2) is 40.3 Å². The lowest BCUT2D eigenvalue weighted by Crippen LogP contribution is -2.23. The van der Waals surface area contributed by atoms with Crippen molar-refractivity contribution in [3.8, 4) is 5.75 Å². The number of anilines is 1. The number of amides is 1. The van der Waals surface area contributed by atoms with Crippen LogP contribution in [-0.2, 0) is 10.5 Å². The molecule has 1 aromatic heterocycles. The highest BCUT2D eigenvalue weighted by atomic mass is 32.2. The highest BCUT2D eigenvalue weighted by molar-refractivity contribution is 8.00. The number of rotatable bonds is 9. The minimum Gasteiger partial charge on any atom is -0.497 e. The number of carbonyl (C=O) groups excluding carboxylic acids is 1. The van der Waals surface area contributed by atoms with E-state index in [9.17, 15) is 9.59 Å².